The molecule has 6 heteroatoms. The fraction of sp³-hybridized carbons (Fsp3) is 0.368. The number of ether oxygens (including phenoxy) is 1. The summed E-state index contributed by atoms with van der Waals surface area (Å²) in [5, 5.41) is 1.50. The van der Waals surface area contributed by atoms with Crippen molar-refractivity contribution in [2.45, 2.75) is 37.1 Å². The first kappa shape index (κ1) is 16.7. The monoisotopic (exact) mass is 372 g/mol. The Balaban J connectivity index is 1.61. The number of aryl methyl sites for hydroxylation is 1. The highest BCUT2D eigenvalue weighted by Crippen LogP contribution is 2.36. The molecule has 1 aromatic carbocycles. The minimum absolute atomic E-state index is 0.00481. The number of rotatable bonds is 4. The second-order valence-electron chi connectivity index (χ2n) is 6.54. The van der Waals surface area contributed by atoms with Crippen LogP contribution in [0.2, 0.25) is 0 Å². The number of H-pyrrole nitrogens is 1. The van der Waals surface area contributed by atoms with Crippen molar-refractivity contribution in [2.24, 2.45) is 5.92 Å². The van der Waals surface area contributed by atoms with Gasteiger partial charge in [-0.2, -0.15) is 0 Å². The van der Waals surface area contributed by atoms with Crippen LogP contribution in [0.15, 0.2) is 34.2 Å². The highest BCUT2D eigenvalue weighted by molar-refractivity contribution is 7.98. The number of thiophene rings is 1. The molecule has 4 rings (SSSR count). The number of aromatic amines is 1. The Labute approximate surface area is 154 Å². The SMILES string of the molecule is COc1cccc(CSc2nc3sc4c(c3c(=O)[nH]2)CC[C@@H](C)C4)c1. The van der Waals surface area contributed by atoms with Gasteiger partial charge in [-0.05, 0) is 48.4 Å². The van der Waals surface area contributed by atoms with Gasteiger partial charge in [-0.1, -0.05) is 30.8 Å². The third kappa shape index (κ3) is 3.33. The van der Waals surface area contributed by atoms with Crippen molar-refractivity contribution in [1.29, 1.82) is 0 Å². The van der Waals surface area contributed by atoms with Crippen molar-refractivity contribution in [3.8, 4) is 5.75 Å². The molecule has 1 aliphatic carbocycles. The molecule has 2 aromatic heterocycles. The largest absolute Gasteiger partial charge is 0.497 e. The zero-order chi connectivity index (χ0) is 17.4. The predicted molar refractivity (Wildman–Crippen MR) is 104 cm³/mol. The molecule has 0 spiro atoms. The number of thioether (sulfide) groups is 1. The average Bonchev–Trinajstić information content (AvgIpc) is 2.97. The maximum absolute atomic E-state index is 12.6. The van der Waals surface area contributed by atoms with Gasteiger partial charge in [-0.15, -0.1) is 11.3 Å². The molecule has 0 saturated heterocycles. The van der Waals surface area contributed by atoms with Crippen LogP contribution in [0.4, 0.5) is 0 Å². The first-order valence-corrected chi connectivity index (χ1v) is 10.2. The van der Waals surface area contributed by atoms with Crippen LogP contribution in [-0.2, 0) is 18.6 Å². The first-order chi connectivity index (χ1) is 12.1. The molecule has 2 heterocycles. The Hall–Kier alpha value is -1.79. The molecule has 130 valence electrons. The second-order valence-corrected chi connectivity index (χ2v) is 8.59. The van der Waals surface area contributed by atoms with Gasteiger partial charge >= 0.3 is 0 Å². The summed E-state index contributed by atoms with van der Waals surface area (Å²) in [4.78, 5) is 22.5. The Kier molecular flexibility index (Phi) is 4.56. The lowest BCUT2D eigenvalue weighted by atomic mass is 9.89. The van der Waals surface area contributed by atoms with Crippen LogP contribution < -0.4 is 10.3 Å². The number of nitrogens with one attached hydrogen (secondary N) is 1. The van der Waals surface area contributed by atoms with Crippen molar-refractivity contribution in [3.05, 3.63) is 50.6 Å². The van der Waals surface area contributed by atoms with Gasteiger partial charge < -0.3 is 9.72 Å². The molecule has 25 heavy (non-hydrogen) atoms. The van der Waals surface area contributed by atoms with Gasteiger partial charge in [0.2, 0.25) is 0 Å². The molecule has 0 aliphatic heterocycles. The van der Waals surface area contributed by atoms with E-state index in [9.17, 15) is 4.79 Å². The molecule has 1 aliphatic rings. The molecule has 4 nitrogen and oxygen atoms in total. The summed E-state index contributed by atoms with van der Waals surface area (Å²) < 4.78 is 5.26. The van der Waals surface area contributed by atoms with Crippen LogP contribution in [0.1, 0.15) is 29.3 Å². The van der Waals surface area contributed by atoms with E-state index >= 15 is 0 Å². The Morgan fingerprint density at radius 2 is 2.32 bits per heavy atom. The molecule has 0 fully saturated rings. The third-order valence-electron chi connectivity index (χ3n) is 4.65. The Morgan fingerprint density at radius 1 is 1.44 bits per heavy atom. The topological polar surface area (TPSA) is 55.0 Å². The van der Waals surface area contributed by atoms with E-state index < -0.39 is 0 Å². The van der Waals surface area contributed by atoms with Gasteiger partial charge in [-0.3, -0.25) is 4.79 Å². The van der Waals surface area contributed by atoms with Gasteiger partial charge in [0.1, 0.15) is 10.6 Å². The number of aromatic nitrogens is 2. The summed E-state index contributed by atoms with van der Waals surface area (Å²) in [6.45, 7) is 2.28. The summed E-state index contributed by atoms with van der Waals surface area (Å²) >= 11 is 3.25. The Bertz CT molecular complexity index is 977. The normalized spacial score (nSPS) is 16.8. The summed E-state index contributed by atoms with van der Waals surface area (Å²) in [5.41, 5.74) is 2.38. The average molecular weight is 373 g/mol. The molecular formula is C19H20N2O2S2. The molecule has 0 amide bonds. The number of fused-ring (bicyclic) bond motifs is 3. The van der Waals surface area contributed by atoms with Crippen LogP contribution in [0, 0.1) is 5.92 Å². The minimum atomic E-state index is 0.00481. The molecule has 0 bridgehead atoms. The van der Waals surface area contributed by atoms with Crippen LogP contribution in [0.3, 0.4) is 0 Å². The molecule has 1 N–H and O–H groups in total. The van der Waals surface area contributed by atoms with E-state index in [0.717, 1.165) is 46.5 Å². The summed E-state index contributed by atoms with van der Waals surface area (Å²) in [7, 11) is 1.67. The predicted octanol–water partition coefficient (Wildman–Crippen LogP) is 4.41. The minimum Gasteiger partial charge on any atom is -0.497 e. The standard InChI is InChI=1S/C19H20N2O2S2/c1-11-6-7-14-15(8-11)25-18-16(14)17(22)20-19(21-18)24-10-12-4-3-5-13(9-12)23-2/h3-5,9,11H,6-8,10H2,1-2H3,(H,20,21,22)/t11-/m1/s1. The maximum Gasteiger partial charge on any atom is 0.260 e. The lowest BCUT2D eigenvalue weighted by Gasteiger charge is -2.17. The smallest absolute Gasteiger partial charge is 0.260 e. The molecule has 0 saturated carbocycles. The molecule has 3 aromatic rings. The highest BCUT2D eigenvalue weighted by Gasteiger charge is 2.23. The quantitative estimate of drug-likeness (QED) is 0.544. The van der Waals surface area contributed by atoms with E-state index in [-0.39, 0.29) is 5.56 Å². The zero-order valence-electron chi connectivity index (χ0n) is 14.3. The number of hydrogen-bond acceptors (Lipinski definition) is 5. The fourth-order valence-corrected chi connectivity index (χ4v) is 5.56. The fourth-order valence-electron chi connectivity index (χ4n) is 3.31. The van der Waals surface area contributed by atoms with Crippen molar-refractivity contribution >= 4 is 33.3 Å². The van der Waals surface area contributed by atoms with Crippen LogP contribution in [-0.4, -0.2) is 17.1 Å². The van der Waals surface area contributed by atoms with Crippen LogP contribution >= 0.6 is 23.1 Å². The van der Waals surface area contributed by atoms with Crippen LogP contribution in [0.25, 0.3) is 10.2 Å². The van der Waals surface area contributed by atoms with E-state index in [2.05, 4.69) is 18.0 Å². The van der Waals surface area contributed by atoms with E-state index in [1.807, 2.05) is 18.2 Å². The van der Waals surface area contributed by atoms with Crippen molar-refractivity contribution in [1.82, 2.24) is 9.97 Å². The van der Waals surface area contributed by atoms with E-state index in [1.54, 1.807) is 30.2 Å². The van der Waals surface area contributed by atoms with Gasteiger partial charge in [0.05, 0.1) is 12.5 Å². The van der Waals surface area contributed by atoms with Crippen LogP contribution in [0.5, 0.6) is 5.75 Å². The lowest BCUT2D eigenvalue weighted by molar-refractivity contribution is 0.414. The van der Waals surface area contributed by atoms with E-state index in [4.69, 9.17) is 9.72 Å². The third-order valence-corrected chi connectivity index (χ3v) is 6.75. The van der Waals surface area contributed by atoms with Crippen molar-refractivity contribution in [2.75, 3.05) is 7.11 Å². The van der Waals surface area contributed by atoms with Gasteiger partial charge in [0.15, 0.2) is 5.16 Å². The van der Waals surface area contributed by atoms with Crippen molar-refractivity contribution in [3.63, 3.8) is 0 Å². The summed E-state index contributed by atoms with van der Waals surface area (Å²) in [5.74, 6) is 2.28. The molecular weight excluding hydrogens is 352 g/mol. The maximum atomic E-state index is 12.6. The molecule has 1 atom stereocenters. The zero-order valence-corrected chi connectivity index (χ0v) is 15.9. The van der Waals surface area contributed by atoms with Crippen molar-refractivity contribution < 1.29 is 4.74 Å². The van der Waals surface area contributed by atoms with E-state index in [1.165, 1.54) is 10.4 Å². The second kappa shape index (κ2) is 6.84. The summed E-state index contributed by atoms with van der Waals surface area (Å²) in [6.07, 6.45) is 3.23. The van der Waals surface area contributed by atoms with Gasteiger partial charge in [-0.25, -0.2) is 4.98 Å². The van der Waals surface area contributed by atoms with Gasteiger partial charge in [0, 0.05) is 10.6 Å². The lowest BCUT2D eigenvalue weighted by Crippen LogP contribution is -2.13. The number of nitrogens with zero attached hydrogens (tertiary/aromatic N) is 1. The molecule has 0 unspecified atom stereocenters. The summed E-state index contributed by atoms with van der Waals surface area (Å²) in [6, 6.07) is 7.96. The van der Waals surface area contributed by atoms with E-state index in [0.29, 0.717) is 11.1 Å². The first-order valence-electron chi connectivity index (χ1n) is 8.44. The molecule has 0 radical (unpaired) electrons. The number of hydrogen-bond donors (Lipinski definition) is 1. The Morgan fingerprint density at radius 3 is 3.16 bits per heavy atom. The number of benzene rings is 1. The van der Waals surface area contributed by atoms with Gasteiger partial charge in [0.25, 0.3) is 5.56 Å². The number of methoxy groups -OCH3 is 1. The highest BCUT2D eigenvalue weighted by atomic mass is 32.2.